The maximum absolute atomic E-state index is 5.82. The Morgan fingerprint density at radius 1 is 1.12 bits per heavy atom. The summed E-state index contributed by atoms with van der Waals surface area (Å²) in [6.07, 6.45) is 3.79. The second-order valence-corrected chi connectivity index (χ2v) is 4.72. The zero-order chi connectivity index (χ0) is 11.4. The van der Waals surface area contributed by atoms with E-state index in [0.717, 1.165) is 25.9 Å². The van der Waals surface area contributed by atoms with Gasteiger partial charge in [-0.3, -0.25) is 0 Å². The van der Waals surface area contributed by atoms with Crippen LogP contribution in [0.25, 0.3) is 0 Å². The van der Waals surface area contributed by atoms with Gasteiger partial charge in [0.1, 0.15) is 0 Å². The van der Waals surface area contributed by atoms with Crippen molar-refractivity contribution in [3.8, 4) is 0 Å². The highest BCUT2D eigenvalue weighted by molar-refractivity contribution is 5.16. The summed E-state index contributed by atoms with van der Waals surface area (Å²) in [7, 11) is 0. The molecule has 16 heavy (non-hydrogen) atoms. The number of ether oxygens (including phenoxy) is 1. The summed E-state index contributed by atoms with van der Waals surface area (Å²) in [5.74, 6) is 0. The van der Waals surface area contributed by atoms with Crippen LogP contribution >= 0.6 is 0 Å². The molecule has 0 bridgehead atoms. The van der Waals surface area contributed by atoms with E-state index >= 15 is 0 Å². The summed E-state index contributed by atoms with van der Waals surface area (Å²) in [6.45, 7) is 5.22. The van der Waals surface area contributed by atoms with Crippen LogP contribution < -0.4 is 0 Å². The van der Waals surface area contributed by atoms with Crippen LogP contribution in [-0.2, 0) is 11.2 Å². The normalized spacial score (nSPS) is 21.2. The van der Waals surface area contributed by atoms with Crippen molar-refractivity contribution in [1.29, 1.82) is 0 Å². The quantitative estimate of drug-likeness (QED) is 0.699. The fraction of sp³-hybridized carbons (Fsp3) is 0.467. The topological polar surface area (TPSA) is 9.23 Å². The van der Waals surface area contributed by atoms with Crippen molar-refractivity contribution < 1.29 is 4.74 Å². The first-order chi connectivity index (χ1) is 7.75. The monoisotopic (exact) mass is 216 g/mol. The number of aryl methyl sites for hydroxylation is 1. The van der Waals surface area contributed by atoms with E-state index in [0.29, 0.717) is 6.10 Å². The first-order valence-corrected chi connectivity index (χ1v) is 6.06. The van der Waals surface area contributed by atoms with E-state index < -0.39 is 0 Å². The van der Waals surface area contributed by atoms with Crippen LogP contribution in [0.2, 0.25) is 0 Å². The lowest BCUT2D eigenvalue weighted by atomic mass is 9.97. The first-order valence-electron chi connectivity index (χ1n) is 6.06. The molecule has 0 saturated heterocycles. The minimum Gasteiger partial charge on any atom is -0.374 e. The van der Waals surface area contributed by atoms with Gasteiger partial charge >= 0.3 is 0 Å². The summed E-state index contributed by atoms with van der Waals surface area (Å²) in [6, 6.07) is 10.7. The van der Waals surface area contributed by atoms with Crippen molar-refractivity contribution in [2.75, 3.05) is 6.61 Å². The standard InChI is InChI=1S/C15H20O/c1-12-10-15(16-11-13(12)2)9-8-14-6-4-3-5-7-14/h3-7,15H,8-11H2,1-2H3. The minimum absolute atomic E-state index is 0.420. The highest BCUT2D eigenvalue weighted by Crippen LogP contribution is 2.22. The van der Waals surface area contributed by atoms with Crippen LogP contribution in [0.1, 0.15) is 32.3 Å². The van der Waals surface area contributed by atoms with Gasteiger partial charge in [-0.2, -0.15) is 0 Å². The molecule has 1 aromatic rings. The van der Waals surface area contributed by atoms with Crippen molar-refractivity contribution >= 4 is 0 Å². The molecule has 0 fully saturated rings. The average Bonchev–Trinajstić information content (AvgIpc) is 2.32. The molecule has 1 atom stereocenters. The smallest absolute Gasteiger partial charge is 0.0680 e. The van der Waals surface area contributed by atoms with E-state index in [9.17, 15) is 0 Å². The van der Waals surface area contributed by atoms with Gasteiger partial charge < -0.3 is 4.74 Å². The molecule has 0 aromatic heterocycles. The molecule has 0 N–H and O–H groups in total. The predicted molar refractivity (Wildman–Crippen MR) is 67.5 cm³/mol. The largest absolute Gasteiger partial charge is 0.374 e. The maximum Gasteiger partial charge on any atom is 0.0680 e. The third-order valence-electron chi connectivity index (χ3n) is 3.40. The molecule has 2 rings (SSSR count). The summed E-state index contributed by atoms with van der Waals surface area (Å²) in [5, 5.41) is 0. The van der Waals surface area contributed by atoms with E-state index in [2.05, 4.69) is 44.2 Å². The molecule has 1 aliphatic rings. The van der Waals surface area contributed by atoms with E-state index in [-0.39, 0.29) is 0 Å². The summed E-state index contributed by atoms with van der Waals surface area (Å²) < 4.78 is 5.82. The molecule has 0 spiro atoms. The molecule has 1 heterocycles. The van der Waals surface area contributed by atoms with Crippen molar-refractivity contribution in [3.63, 3.8) is 0 Å². The van der Waals surface area contributed by atoms with Crippen LogP contribution in [0.15, 0.2) is 41.5 Å². The van der Waals surface area contributed by atoms with Gasteiger partial charge in [-0.05, 0) is 44.2 Å². The van der Waals surface area contributed by atoms with Crippen LogP contribution in [-0.4, -0.2) is 12.7 Å². The minimum atomic E-state index is 0.420. The fourth-order valence-electron chi connectivity index (χ4n) is 2.10. The Hall–Kier alpha value is -1.08. The Balaban J connectivity index is 1.84. The highest BCUT2D eigenvalue weighted by Gasteiger charge is 2.16. The molecule has 1 nitrogen and oxygen atoms in total. The summed E-state index contributed by atoms with van der Waals surface area (Å²) >= 11 is 0. The van der Waals surface area contributed by atoms with Crippen LogP contribution in [0.4, 0.5) is 0 Å². The fourth-order valence-corrected chi connectivity index (χ4v) is 2.10. The lowest BCUT2D eigenvalue weighted by molar-refractivity contribution is 0.0525. The Morgan fingerprint density at radius 2 is 1.88 bits per heavy atom. The van der Waals surface area contributed by atoms with Gasteiger partial charge in [0.25, 0.3) is 0 Å². The molecule has 1 aromatic carbocycles. The van der Waals surface area contributed by atoms with E-state index in [4.69, 9.17) is 4.74 Å². The van der Waals surface area contributed by atoms with Gasteiger partial charge in [0.2, 0.25) is 0 Å². The van der Waals surface area contributed by atoms with E-state index in [1.54, 1.807) is 0 Å². The second-order valence-electron chi connectivity index (χ2n) is 4.72. The van der Waals surface area contributed by atoms with Crippen molar-refractivity contribution in [2.45, 2.75) is 39.2 Å². The van der Waals surface area contributed by atoms with E-state index in [1.807, 2.05) is 0 Å². The predicted octanol–water partition coefficient (Wildman–Crippen LogP) is 3.74. The molecule has 0 aliphatic carbocycles. The number of benzene rings is 1. The molecule has 1 unspecified atom stereocenters. The van der Waals surface area contributed by atoms with Crippen molar-refractivity contribution in [1.82, 2.24) is 0 Å². The molecular formula is C15H20O. The van der Waals surface area contributed by atoms with Gasteiger partial charge in [-0.1, -0.05) is 35.9 Å². The molecule has 0 saturated carbocycles. The molecule has 86 valence electrons. The highest BCUT2D eigenvalue weighted by atomic mass is 16.5. The zero-order valence-electron chi connectivity index (χ0n) is 10.2. The molecule has 1 heteroatoms. The number of hydrogen-bond acceptors (Lipinski definition) is 1. The Bertz CT molecular complexity index is 364. The average molecular weight is 216 g/mol. The Morgan fingerprint density at radius 3 is 2.56 bits per heavy atom. The molecule has 0 amide bonds. The second kappa shape index (κ2) is 5.31. The number of hydrogen-bond donors (Lipinski definition) is 0. The van der Waals surface area contributed by atoms with Gasteiger partial charge in [-0.25, -0.2) is 0 Å². The van der Waals surface area contributed by atoms with Crippen molar-refractivity contribution in [3.05, 3.63) is 47.0 Å². The van der Waals surface area contributed by atoms with Gasteiger partial charge in [0.15, 0.2) is 0 Å². The molecular weight excluding hydrogens is 196 g/mol. The third kappa shape index (κ3) is 2.96. The Kier molecular flexibility index (Phi) is 3.79. The van der Waals surface area contributed by atoms with Crippen LogP contribution in [0.3, 0.4) is 0 Å². The van der Waals surface area contributed by atoms with Crippen molar-refractivity contribution in [2.24, 2.45) is 0 Å². The molecule has 0 radical (unpaired) electrons. The lowest BCUT2D eigenvalue weighted by Crippen LogP contribution is -2.21. The first kappa shape index (κ1) is 11.4. The van der Waals surface area contributed by atoms with Gasteiger partial charge in [0.05, 0.1) is 12.7 Å². The SMILES string of the molecule is CC1=C(C)CC(CCc2ccccc2)OC1. The van der Waals surface area contributed by atoms with Crippen LogP contribution in [0.5, 0.6) is 0 Å². The third-order valence-corrected chi connectivity index (χ3v) is 3.40. The summed E-state index contributed by atoms with van der Waals surface area (Å²) in [5.41, 5.74) is 4.34. The van der Waals surface area contributed by atoms with Crippen LogP contribution in [0, 0.1) is 0 Å². The molecule has 1 aliphatic heterocycles. The zero-order valence-corrected chi connectivity index (χ0v) is 10.2. The van der Waals surface area contributed by atoms with Gasteiger partial charge in [0, 0.05) is 0 Å². The van der Waals surface area contributed by atoms with E-state index in [1.165, 1.54) is 16.7 Å². The number of rotatable bonds is 3. The lowest BCUT2D eigenvalue weighted by Gasteiger charge is -2.25. The Labute approximate surface area is 98.1 Å². The maximum atomic E-state index is 5.82. The van der Waals surface area contributed by atoms with Gasteiger partial charge in [-0.15, -0.1) is 0 Å². The summed E-state index contributed by atoms with van der Waals surface area (Å²) in [4.78, 5) is 0.